The summed E-state index contributed by atoms with van der Waals surface area (Å²) >= 11 is 5.82. The Morgan fingerprint density at radius 2 is 2.10 bits per heavy atom. The van der Waals surface area contributed by atoms with E-state index in [0.29, 0.717) is 41.9 Å². The monoisotopic (exact) mass is 296 g/mol. The Labute approximate surface area is 119 Å². The van der Waals surface area contributed by atoms with E-state index in [2.05, 4.69) is 14.9 Å². The van der Waals surface area contributed by atoms with Crippen LogP contribution in [0.4, 0.5) is 4.79 Å². The largest absolute Gasteiger partial charge is 0.464 e. The Hall–Kier alpha value is -1.70. The molecule has 3 heterocycles. The van der Waals surface area contributed by atoms with Gasteiger partial charge in [0.1, 0.15) is 11.0 Å². The lowest BCUT2D eigenvalue weighted by atomic mass is 10.4. The lowest BCUT2D eigenvalue weighted by molar-refractivity contribution is 0.0328. The predicted molar refractivity (Wildman–Crippen MR) is 72.1 cm³/mol. The van der Waals surface area contributed by atoms with Crippen molar-refractivity contribution < 1.29 is 14.6 Å². The molecule has 0 amide bonds. The second-order valence-corrected chi connectivity index (χ2v) is 4.90. The molecule has 8 heteroatoms. The zero-order chi connectivity index (χ0) is 14.1. The van der Waals surface area contributed by atoms with E-state index < -0.39 is 6.09 Å². The van der Waals surface area contributed by atoms with Crippen LogP contribution < -0.4 is 0 Å². The van der Waals surface area contributed by atoms with Gasteiger partial charge in [-0.1, -0.05) is 11.6 Å². The van der Waals surface area contributed by atoms with E-state index in [1.807, 2.05) is 0 Å². The van der Waals surface area contributed by atoms with E-state index in [9.17, 15) is 9.90 Å². The van der Waals surface area contributed by atoms with Crippen molar-refractivity contribution in [1.82, 2.24) is 19.4 Å². The number of halogens is 1. The molecule has 1 aliphatic heterocycles. The molecule has 106 valence electrons. The fraction of sp³-hybridized carbons (Fsp3) is 0.417. The highest BCUT2D eigenvalue weighted by atomic mass is 35.5. The lowest BCUT2D eigenvalue weighted by Gasteiger charge is -2.25. The first kappa shape index (κ1) is 13.3. The van der Waals surface area contributed by atoms with Crippen LogP contribution in [0.3, 0.4) is 0 Å². The van der Waals surface area contributed by atoms with E-state index in [1.165, 1.54) is 0 Å². The van der Waals surface area contributed by atoms with Crippen molar-refractivity contribution in [1.29, 1.82) is 0 Å². The average molecular weight is 297 g/mol. The van der Waals surface area contributed by atoms with Crippen molar-refractivity contribution in [2.45, 2.75) is 6.54 Å². The summed E-state index contributed by atoms with van der Waals surface area (Å²) in [5, 5.41) is 9.67. The van der Waals surface area contributed by atoms with Crippen LogP contribution in [0.15, 0.2) is 12.1 Å². The number of rotatable bonds is 2. The number of ether oxygens (including phenoxy) is 1. The molecule has 2 aromatic rings. The van der Waals surface area contributed by atoms with Crippen LogP contribution in [0.5, 0.6) is 0 Å². The van der Waals surface area contributed by atoms with Crippen molar-refractivity contribution >= 4 is 28.9 Å². The lowest BCUT2D eigenvalue weighted by Crippen LogP contribution is -2.36. The highest BCUT2D eigenvalue weighted by Crippen LogP contribution is 2.18. The Morgan fingerprint density at radius 1 is 1.35 bits per heavy atom. The molecule has 0 aliphatic carbocycles. The number of imidazole rings is 1. The van der Waals surface area contributed by atoms with Crippen LogP contribution in [-0.2, 0) is 11.3 Å². The van der Waals surface area contributed by atoms with Crippen molar-refractivity contribution in [3.05, 3.63) is 23.1 Å². The van der Waals surface area contributed by atoms with E-state index in [0.717, 1.165) is 17.7 Å². The average Bonchev–Trinajstić information content (AvgIpc) is 2.76. The third kappa shape index (κ3) is 2.47. The highest BCUT2D eigenvalue weighted by Gasteiger charge is 2.20. The van der Waals surface area contributed by atoms with Crippen molar-refractivity contribution in [2.24, 2.45) is 0 Å². The number of hydrogen-bond acceptors (Lipinski definition) is 5. The second kappa shape index (κ2) is 5.35. The first-order valence-corrected chi connectivity index (χ1v) is 6.60. The summed E-state index contributed by atoms with van der Waals surface area (Å²) in [6.45, 7) is 3.27. The topological polar surface area (TPSA) is 80.5 Å². The summed E-state index contributed by atoms with van der Waals surface area (Å²) in [5.74, 6) is 0.448. The van der Waals surface area contributed by atoms with Gasteiger partial charge in [0.2, 0.25) is 0 Å². The maximum atomic E-state index is 11.4. The van der Waals surface area contributed by atoms with Crippen LogP contribution in [-0.4, -0.2) is 56.9 Å². The van der Waals surface area contributed by atoms with Gasteiger partial charge >= 0.3 is 6.09 Å². The predicted octanol–water partition coefficient (Wildman–Crippen LogP) is 1.44. The fourth-order valence-electron chi connectivity index (χ4n) is 2.26. The Morgan fingerprint density at radius 3 is 2.80 bits per heavy atom. The fourth-order valence-corrected chi connectivity index (χ4v) is 2.41. The molecule has 2 aromatic heterocycles. The Bertz CT molecular complexity index is 651. The van der Waals surface area contributed by atoms with Crippen molar-refractivity contribution in [3.8, 4) is 0 Å². The van der Waals surface area contributed by atoms with Crippen LogP contribution in [0.2, 0.25) is 5.15 Å². The van der Waals surface area contributed by atoms with Crippen LogP contribution in [0.1, 0.15) is 5.82 Å². The van der Waals surface area contributed by atoms with Gasteiger partial charge in [0.15, 0.2) is 5.65 Å². The molecule has 1 fully saturated rings. The molecule has 1 N–H and O–H groups in total. The minimum atomic E-state index is -1.07. The Balaban J connectivity index is 2.00. The van der Waals surface area contributed by atoms with Gasteiger partial charge in [0.05, 0.1) is 25.3 Å². The molecule has 20 heavy (non-hydrogen) atoms. The number of carbonyl (C=O) groups is 1. The van der Waals surface area contributed by atoms with E-state index in [-0.39, 0.29) is 0 Å². The van der Waals surface area contributed by atoms with Gasteiger partial charge in [0.25, 0.3) is 0 Å². The molecule has 0 saturated carbocycles. The number of nitrogens with zero attached hydrogens (tertiary/aromatic N) is 4. The molecular weight excluding hydrogens is 284 g/mol. The molecule has 0 aromatic carbocycles. The van der Waals surface area contributed by atoms with Gasteiger partial charge in [-0.2, -0.15) is 0 Å². The van der Waals surface area contributed by atoms with Crippen LogP contribution in [0.25, 0.3) is 11.2 Å². The molecular formula is C12H13ClN4O3. The van der Waals surface area contributed by atoms with Crippen molar-refractivity contribution in [2.75, 3.05) is 26.3 Å². The third-order valence-electron chi connectivity index (χ3n) is 3.21. The molecule has 0 radical (unpaired) electrons. The number of pyridine rings is 1. The Kier molecular flexibility index (Phi) is 3.56. The third-order valence-corrected chi connectivity index (χ3v) is 3.43. The first-order chi connectivity index (χ1) is 9.65. The van der Waals surface area contributed by atoms with Gasteiger partial charge in [-0.15, -0.1) is 0 Å². The molecule has 0 unspecified atom stereocenters. The molecule has 0 spiro atoms. The van der Waals surface area contributed by atoms with Gasteiger partial charge in [0, 0.05) is 13.1 Å². The molecule has 1 aliphatic rings. The molecule has 3 rings (SSSR count). The number of fused-ring (bicyclic) bond motifs is 1. The molecule has 7 nitrogen and oxygen atoms in total. The minimum absolute atomic E-state index is 0.297. The highest BCUT2D eigenvalue weighted by molar-refractivity contribution is 6.29. The zero-order valence-electron chi connectivity index (χ0n) is 10.6. The quantitative estimate of drug-likeness (QED) is 0.845. The van der Waals surface area contributed by atoms with Crippen LogP contribution >= 0.6 is 11.6 Å². The zero-order valence-corrected chi connectivity index (χ0v) is 11.4. The number of aromatic nitrogens is 3. The van der Waals surface area contributed by atoms with Gasteiger partial charge < -0.3 is 9.84 Å². The summed E-state index contributed by atoms with van der Waals surface area (Å²) in [7, 11) is 0. The summed E-state index contributed by atoms with van der Waals surface area (Å²) < 4.78 is 6.44. The molecule has 0 atom stereocenters. The summed E-state index contributed by atoms with van der Waals surface area (Å²) in [6.07, 6.45) is -1.07. The normalized spacial score (nSPS) is 16.6. The number of hydrogen-bond donors (Lipinski definition) is 1. The summed E-state index contributed by atoms with van der Waals surface area (Å²) in [4.78, 5) is 21.9. The number of carboxylic acid groups (broad SMARTS) is 1. The summed E-state index contributed by atoms with van der Waals surface area (Å²) in [5.41, 5.74) is 0.799. The number of morpholine rings is 1. The minimum Gasteiger partial charge on any atom is -0.464 e. The van der Waals surface area contributed by atoms with E-state index >= 15 is 0 Å². The van der Waals surface area contributed by atoms with Gasteiger partial charge in [-0.3, -0.25) is 4.90 Å². The van der Waals surface area contributed by atoms with Gasteiger partial charge in [-0.05, 0) is 12.1 Å². The maximum Gasteiger partial charge on any atom is 0.417 e. The van der Waals surface area contributed by atoms with E-state index in [4.69, 9.17) is 16.3 Å². The smallest absolute Gasteiger partial charge is 0.417 e. The van der Waals surface area contributed by atoms with E-state index in [1.54, 1.807) is 12.1 Å². The SMILES string of the molecule is O=C(O)n1c(CN2CCOCC2)nc2nc(Cl)ccc21. The molecule has 1 saturated heterocycles. The second-order valence-electron chi connectivity index (χ2n) is 4.51. The maximum absolute atomic E-state index is 11.4. The molecule has 0 bridgehead atoms. The summed E-state index contributed by atoms with van der Waals surface area (Å²) in [6, 6.07) is 3.18. The van der Waals surface area contributed by atoms with Crippen LogP contribution in [0, 0.1) is 0 Å². The van der Waals surface area contributed by atoms with Gasteiger partial charge in [-0.25, -0.2) is 19.3 Å². The van der Waals surface area contributed by atoms with Crippen molar-refractivity contribution in [3.63, 3.8) is 0 Å². The standard InChI is InChI=1S/C12H13ClN4O3/c13-9-2-1-8-11(14-9)15-10(17(8)12(18)19)7-16-3-5-20-6-4-16/h1-2H,3-7H2,(H,18,19). The first-order valence-electron chi connectivity index (χ1n) is 6.22.